The number of aryl methyl sites for hydroxylation is 1. The van der Waals surface area contributed by atoms with Crippen molar-refractivity contribution in [3.8, 4) is 0 Å². The molecule has 84 valence electrons. The molecule has 0 saturated carbocycles. The normalized spacial score (nSPS) is 11.3. The number of aromatic nitrogens is 2. The minimum Gasteiger partial charge on any atom is -0.308 e. The largest absolute Gasteiger partial charge is 0.308 e. The number of halogens is 1. The first-order valence-corrected chi connectivity index (χ1v) is 5.96. The minimum atomic E-state index is -0.0133. The van der Waals surface area contributed by atoms with Gasteiger partial charge in [0.15, 0.2) is 0 Å². The topological polar surface area (TPSA) is 34.9 Å². The number of rotatable bonds is 1. The fraction of sp³-hybridized carbons (Fsp3) is 0.333. The quantitative estimate of drug-likeness (QED) is 0.805. The maximum atomic E-state index is 12.0. The predicted octanol–water partition coefficient (Wildman–Crippen LogP) is 2.82. The van der Waals surface area contributed by atoms with Crippen LogP contribution in [0.25, 0.3) is 11.0 Å². The molecule has 16 heavy (non-hydrogen) atoms. The lowest BCUT2D eigenvalue weighted by Gasteiger charge is -2.10. The number of hydrogen-bond donors (Lipinski definition) is 0. The highest BCUT2D eigenvalue weighted by Gasteiger charge is 2.11. The molecule has 2 aromatic rings. The van der Waals surface area contributed by atoms with Gasteiger partial charge < -0.3 is 4.57 Å². The molecule has 0 atom stereocenters. The molecule has 3 nitrogen and oxygen atoms in total. The lowest BCUT2D eigenvalue weighted by atomic mass is 10.1. The monoisotopic (exact) mass is 280 g/mol. The Bertz CT molecular complexity index is 602. The fourth-order valence-electron chi connectivity index (χ4n) is 1.69. The van der Waals surface area contributed by atoms with E-state index >= 15 is 0 Å². The molecule has 0 amide bonds. The van der Waals surface area contributed by atoms with Gasteiger partial charge in [-0.05, 0) is 18.2 Å². The van der Waals surface area contributed by atoms with Gasteiger partial charge in [0.1, 0.15) is 5.69 Å². The SMILES string of the molecule is CC(C)c1nc2ccc(Br)cc2n(C)c1=O. The molecular weight excluding hydrogens is 268 g/mol. The van der Waals surface area contributed by atoms with Crippen LogP contribution in [0.1, 0.15) is 25.5 Å². The predicted molar refractivity (Wildman–Crippen MR) is 68.8 cm³/mol. The van der Waals surface area contributed by atoms with Crippen LogP contribution < -0.4 is 5.56 Å². The van der Waals surface area contributed by atoms with Gasteiger partial charge in [0.05, 0.1) is 11.0 Å². The van der Waals surface area contributed by atoms with E-state index in [9.17, 15) is 4.79 Å². The summed E-state index contributed by atoms with van der Waals surface area (Å²) < 4.78 is 2.61. The standard InChI is InChI=1S/C12H13BrN2O/c1-7(2)11-12(16)15(3)10-6-8(13)4-5-9(10)14-11/h4-7H,1-3H3. The van der Waals surface area contributed by atoms with Gasteiger partial charge >= 0.3 is 0 Å². The summed E-state index contributed by atoms with van der Waals surface area (Å²) in [5.41, 5.74) is 2.32. The molecule has 0 unspecified atom stereocenters. The highest BCUT2D eigenvalue weighted by Crippen LogP contribution is 2.18. The van der Waals surface area contributed by atoms with Crippen molar-refractivity contribution in [1.29, 1.82) is 0 Å². The van der Waals surface area contributed by atoms with E-state index in [0.29, 0.717) is 5.69 Å². The van der Waals surface area contributed by atoms with E-state index < -0.39 is 0 Å². The van der Waals surface area contributed by atoms with Gasteiger partial charge in [-0.15, -0.1) is 0 Å². The molecule has 0 aliphatic carbocycles. The summed E-state index contributed by atoms with van der Waals surface area (Å²) in [4.78, 5) is 16.4. The van der Waals surface area contributed by atoms with Crippen molar-refractivity contribution in [2.75, 3.05) is 0 Å². The summed E-state index contributed by atoms with van der Waals surface area (Å²) in [5, 5.41) is 0. The first-order valence-electron chi connectivity index (χ1n) is 5.17. The van der Waals surface area contributed by atoms with Gasteiger partial charge in [-0.25, -0.2) is 4.98 Å². The van der Waals surface area contributed by atoms with Crippen LogP contribution in [0.15, 0.2) is 27.5 Å². The molecule has 1 heterocycles. The van der Waals surface area contributed by atoms with Crippen molar-refractivity contribution in [3.05, 3.63) is 38.7 Å². The zero-order valence-corrected chi connectivity index (χ0v) is 11.1. The molecule has 2 rings (SSSR count). The smallest absolute Gasteiger partial charge is 0.272 e. The first kappa shape index (κ1) is 11.3. The van der Waals surface area contributed by atoms with Crippen molar-refractivity contribution >= 4 is 27.0 Å². The Morgan fingerprint density at radius 2 is 2.06 bits per heavy atom. The van der Waals surface area contributed by atoms with Crippen molar-refractivity contribution in [2.24, 2.45) is 7.05 Å². The van der Waals surface area contributed by atoms with Crippen LogP contribution >= 0.6 is 15.9 Å². The summed E-state index contributed by atoms with van der Waals surface area (Å²) in [6.07, 6.45) is 0. The van der Waals surface area contributed by atoms with Crippen molar-refractivity contribution in [3.63, 3.8) is 0 Å². The third kappa shape index (κ3) is 1.78. The number of fused-ring (bicyclic) bond motifs is 1. The van der Waals surface area contributed by atoms with Gasteiger partial charge in [-0.3, -0.25) is 4.79 Å². The van der Waals surface area contributed by atoms with E-state index in [4.69, 9.17) is 0 Å². The van der Waals surface area contributed by atoms with E-state index in [0.717, 1.165) is 15.5 Å². The maximum absolute atomic E-state index is 12.0. The summed E-state index contributed by atoms with van der Waals surface area (Å²) in [6, 6.07) is 5.77. The Morgan fingerprint density at radius 1 is 1.38 bits per heavy atom. The van der Waals surface area contributed by atoms with E-state index in [1.807, 2.05) is 32.0 Å². The molecule has 0 bridgehead atoms. The van der Waals surface area contributed by atoms with Gasteiger partial charge in [0, 0.05) is 17.4 Å². The summed E-state index contributed by atoms with van der Waals surface area (Å²) in [7, 11) is 1.78. The third-order valence-corrected chi connectivity index (χ3v) is 3.10. The van der Waals surface area contributed by atoms with Gasteiger partial charge in [0.25, 0.3) is 5.56 Å². The summed E-state index contributed by atoms with van der Waals surface area (Å²) in [6.45, 7) is 3.96. The zero-order valence-electron chi connectivity index (χ0n) is 9.49. The number of hydrogen-bond acceptors (Lipinski definition) is 2. The van der Waals surface area contributed by atoms with Crippen molar-refractivity contribution in [2.45, 2.75) is 19.8 Å². The molecule has 0 aliphatic rings. The van der Waals surface area contributed by atoms with Crippen LogP contribution in [-0.2, 0) is 7.05 Å². The lowest BCUT2D eigenvalue weighted by Crippen LogP contribution is -2.24. The van der Waals surface area contributed by atoms with Crippen LogP contribution in [0, 0.1) is 0 Å². The molecule has 1 aromatic heterocycles. The van der Waals surface area contributed by atoms with Crippen LogP contribution in [-0.4, -0.2) is 9.55 Å². The highest BCUT2D eigenvalue weighted by molar-refractivity contribution is 9.10. The maximum Gasteiger partial charge on any atom is 0.272 e. The second kappa shape index (κ2) is 4.01. The molecule has 4 heteroatoms. The van der Waals surface area contributed by atoms with Crippen molar-refractivity contribution < 1.29 is 0 Å². The fourth-order valence-corrected chi connectivity index (χ4v) is 2.04. The van der Waals surface area contributed by atoms with Crippen LogP contribution in [0.4, 0.5) is 0 Å². The summed E-state index contributed by atoms with van der Waals surface area (Å²) in [5.74, 6) is 0.145. The van der Waals surface area contributed by atoms with E-state index in [-0.39, 0.29) is 11.5 Å². The molecule has 0 N–H and O–H groups in total. The van der Waals surface area contributed by atoms with Crippen LogP contribution in [0.5, 0.6) is 0 Å². The van der Waals surface area contributed by atoms with E-state index in [2.05, 4.69) is 20.9 Å². The molecule has 0 radical (unpaired) electrons. The minimum absolute atomic E-state index is 0.0133. The second-order valence-corrected chi connectivity index (χ2v) is 5.06. The van der Waals surface area contributed by atoms with Gasteiger partial charge in [0.2, 0.25) is 0 Å². The van der Waals surface area contributed by atoms with Crippen LogP contribution in [0.2, 0.25) is 0 Å². The highest BCUT2D eigenvalue weighted by atomic mass is 79.9. The van der Waals surface area contributed by atoms with Crippen LogP contribution in [0.3, 0.4) is 0 Å². The van der Waals surface area contributed by atoms with E-state index in [1.165, 1.54) is 0 Å². The molecular formula is C12H13BrN2O. The Hall–Kier alpha value is -1.16. The Balaban J connectivity index is 2.88. The van der Waals surface area contributed by atoms with E-state index in [1.54, 1.807) is 11.6 Å². The van der Waals surface area contributed by atoms with Gasteiger partial charge in [-0.2, -0.15) is 0 Å². The molecule has 1 aromatic carbocycles. The first-order chi connectivity index (χ1) is 7.50. The molecule has 0 fully saturated rings. The second-order valence-electron chi connectivity index (χ2n) is 4.15. The molecule has 0 saturated heterocycles. The Labute approximate surface area is 102 Å². The Morgan fingerprint density at radius 3 is 2.69 bits per heavy atom. The average Bonchev–Trinajstić information content (AvgIpc) is 2.23. The zero-order chi connectivity index (χ0) is 11.9. The molecule has 0 spiro atoms. The average molecular weight is 281 g/mol. The number of nitrogens with zero attached hydrogens (tertiary/aromatic N) is 2. The third-order valence-electron chi connectivity index (χ3n) is 2.61. The van der Waals surface area contributed by atoms with Gasteiger partial charge in [-0.1, -0.05) is 29.8 Å². The number of benzene rings is 1. The summed E-state index contributed by atoms with van der Waals surface area (Å²) >= 11 is 3.40. The van der Waals surface area contributed by atoms with Crippen molar-refractivity contribution in [1.82, 2.24) is 9.55 Å². The Kier molecular flexibility index (Phi) is 2.84. The lowest BCUT2D eigenvalue weighted by molar-refractivity contribution is 0.765. The molecule has 0 aliphatic heterocycles.